The molecule has 6 heteroatoms. The third kappa shape index (κ3) is 2.30. The molecule has 1 aromatic carbocycles. The highest BCUT2D eigenvalue weighted by Crippen LogP contribution is 2.33. The van der Waals surface area contributed by atoms with Gasteiger partial charge in [-0.2, -0.15) is 0 Å². The van der Waals surface area contributed by atoms with Crippen LogP contribution in [0.15, 0.2) is 41.0 Å². The molecule has 0 saturated carbocycles. The van der Waals surface area contributed by atoms with E-state index in [4.69, 9.17) is 11.6 Å². The largest absolute Gasteiger partial charge is 0.354 e. The number of pyridine rings is 1. The maximum Gasteiger partial charge on any atom is 0.142 e. The van der Waals surface area contributed by atoms with E-state index in [1.807, 2.05) is 36.5 Å². The predicted octanol–water partition coefficient (Wildman–Crippen LogP) is 3.98. The minimum Gasteiger partial charge on any atom is -0.354 e. The molecule has 0 unspecified atom stereocenters. The summed E-state index contributed by atoms with van der Waals surface area (Å²) in [5, 5.41) is 0.727. The number of nitrogens with zero attached hydrogens (tertiary/aromatic N) is 3. The Balaban J connectivity index is 1.55. The third-order valence-corrected chi connectivity index (χ3v) is 4.62. The lowest BCUT2D eigenvalue weighted by Gasteiger charge is -2.39. The van der Waals surface area contributed by atoms with Gasteiger partial charge in [0.25, 0.3) is 0 Å². The highest BCUT2D eigenvalue weighted by Gasteiger charge is 2.32. The molecule has 3 heterocycles. The summed E-state index contributed by atoms with van der Waals surface area (Å²) < 4.78 is 1.03. The average molecular weight is 364 g/mol. The average Bonchev–Trinajstić information content (AvgIpc) is 2.81. The number of benzene rings is 1. The summed E-state index contributed by atoms with van der Waals surface area (Å²) in [4.78, 5) is 14.7. The normalized spacial score (nSPS) is 15.4. The molecule has 21 heavy (non-hydrogen) atoms. The van der Waals surface area contributed by atoms with Crippen LogP contribution in [0.5, 0.6) is 0 Å². The van der Waals surface area contributed by atoms with Gasteiger partial charge in [-0.05, 0) is 46.3 Å². The Labute approximate surface area is 135 Å². The molecule has 0 amide bonds. The fourth-order valence-corrected chi connectivity index (χ4v) is 3.31. The van der Waals surface area contributed by atoms with Crippen LogP contribution in [-0.2, 0) is 0 Å². The maximum atomic E-state index is 6.01. The number of imidazole rings is 1. The molecule has 1 fully saturated rings. The number of fused-ring (bicyclic) bond motifs is 1. The van der Waals surface area contributed by atoms with Crippen molar-refractivity contribution in [2.24, 2.45) is 0 Å². The van der Waals surface area contributed by atoms with Gasteiger partial charge in [0.2, 0.25) is 0 Å². The fraction of sp³-hybridized carbons (Fsp3) is 0.200. The quantitative estimate of drug-likeness (QED) is 0.749. The van der Waals surface area contributed by atoms with Crippen LogP contribution >= 0.6 is 27.5 Å². The number of H-pyrrole nitrogens is 1. The first-order chi connectivity index (χ1) is 10.2. The third-order valence-electron chi connectivity index (χ3n) is 3.77. The molecule has 1 saturated heterocycles. The first-order valence-electron chi connectivity index (χ1n) is 6.71. The molecular formula is C15H12BrClN4. The molecule has 106 valence electrons. The van der Waals surface area contributed by atoms with Crippen LogP contribution in [0.1, 0.15) is 11.7 Å². The number of rotatable bonds is 2. The van der Waals surface area contributed by atoms with Crippen molar-refractivity contribution in [3.8, 4) is 0 Å². The van der Waals surface area contributed by atoms with E-state index in [0.717, 1.165) is 45.3 Å². The molecule has 4 nitrogen and oxygen atoms in total. The van der Waals surface area contributed by atoms with Crippen molar-refractivity contribution in [1.82, 2.24) is 15.0 Å². The molecular weight excluding hydrogens is 352 g/mol. The van der Waals surface area contributed by atoms with E-state index in [-0.39, 0.29) is 0 Å². The summed E-state index contributed by atoms with van der Waals surface area (Å²) in [6.07, 6.45) is 1.82. The molecule has 0 atom stereocenters. The zero-order valence-corrected chi connectivity index (χ0v) is 13.4. The molecule has 1 aliphatic rings. The van der Waals surface area contributed by atoms with Crippen molar-refractivity contribution in [1.29, 1.82) is 0 Å². The second-order valence-corrected chi connectivity index (χ2v) is 6.49. The van der Waals surface area contributed by atoms with Crippen LogP contribution in [0.2, 0.25) is 5.02 Å². The summed E-state index contributed by atoms with van der Waals surface area (Å²) in [5.74, 6) is 2.42. The summed E-state index contributed by atoms with van der Waals surface area (Å²) >= 11 is 9.55. The minimum absolute atomic E-state index is 0.407. The zero-order chi connectivity index (χ0) is 14.4. The van der Waals surface area contributed by atoms with Crippen LogP contribution in [0.3, 0.4) is 0 Å². The summed E-state index contributed by atoms with van der Waals surface area (Å²) in [6, 6.07) is 9.67. The predicted molar refractivity (Wildman–Crippen MR) is 88.0 cm³/mol. The van der Waals surface area contributed by atoms with Crippen LogP contribution in [0, 0.1) is 0 Å². The zero-order valence-electron chi connectivity index (χ0n) is 11.1. The van der Waals surface area contributed by atoms with Gasteiger partial charge in [-0.3, -0.25) is 0 Å². The molecule has 1 aliphatic heterocycles. The van der Waals surface area contributed by atoms with Gasteiger partial charge in [-0.25, -0.2) is 9.97 Å². The van der Waals surface area contributed by atoms with Gasteiger partial charge in [0.15, 0.2) is 0 Å². The van der Waals surface area contributed by atoms with Gasteiger partial charge in [0, 0.05) is 24.3 Å². The van der Waals surface area contributed by atoms with E-state index in [2.05, 4.69) is 35.8 Å². The first kappa shape index (κ1) is 13.1. The van der Waals surface area contributed by atoms with Crippen molar-refractivity contribution >= 4 is 44.4 Å². The highest BCUT2D eigenvalue weighted by atomic mass is 79.9. The lowest BCUT2D eigenvalue weighted by atomic mass is 9.99. The fourth-order valence-electron chi connectivity index (χ4n) is 2.63. The highest BCUT2D eigenvalue weighted by molar-refractivity contribution is 9.10. The van der Waals surface area contributed by atoms with Crippen LogP contribution in [0.4, 0.5) is 5.82 Å². The number of aromatic amines is 1. The smallest absolute Gasteiger partial charge is 0.142 e. The first-order valence-corrected chi connectivity index (χ1v) is 7.88. The van der Waals surface area contributed by atoms with E-state index < -0.39 is 0 Å². The van der Waals surface area contributed by atoms with Crippen LogP contribution in [-0.4, -0.2) is 28.0 Å². The summed E-state index contributed by atoms with van der Waals surface area (Å²) in [7, 11) is 0. The lowest BCUT2D eigenvalue weighted by molar-refractivity contribution is 0.500. The molecule has 0 radical (unpaired) electrons. The van der Waals surface area contributed by atoms with E-state index >= 15 is 0 Å². The van der Waals surface area contributed by atoms with Crippen molar-refractivity contribution < 1.29 is 0 Å². The van der Waals surface area contributed by atoms with Gasteiger partial charge in [0.05, 0.1) is 21.4 Å². The summed E-state index contributed by atoms with van der Waals surface area (Å²) in [6.45, 7) is 1.84. The Bertz CT molecular complexity index is 810. The number of halogens is 2. The second-order valence-electron chi connectivity index (χ2n) is 5.19. The maximum absolute atomic E-state index is 6.01. The van der Waals surface area contributed by atoms with Gasteiger partial charge >= 0.3 is 0 Å². The van der Waals surface area contributed by atoms with Crippen LogP contribution < -0.4 is 4.90 Å². The minimum atomic E-state index is 0.407. The Morgan fingerprint density at radius 2 is 2.14 bits per heavy atom. The number of hydrogen-bond acceptors (Lipinski definition) is 3. The summed E-state index contributed by atoms with van der Waals surface area (Å²) in [5.41, 5.74) is 1.96. The number of anilines is 1. The number of nitrogens with one attached hydrogen (secondary N) is 1. The van der Waals surface area contributed by atoms with Crippen molar-refractivity contribution in [2.45, 2.75) is 5.92 Å². The number of hydrogen-bond donors (Lipinski definition) is 1. The Morgan fingerprint density at radius 1 is 1.29 bits per heavy atom. The molecule has 0 bridgehead atoms. The van der Waals surface area contributed by atoms with E-state index in [1.54, 1.807) is 0 Å². The molecule has 3 aromatic rings. The van der Waals surface area contributed by atoms with Crippen LogP contribution in [0.25, 0.3) is 11.0 Å². The SMILES string of the molecule is Clc1ccc2nc(C3CN(c4ncccc4Br)C3)[nH]c2c1. The van der Waals surface area contributed by atoms with Crippen molar-refractivity contribution in [3.05, 3.63) is 51.8 Å². The van der Waals surface area contributed by atoms with E-state index in [1.165, 1.54) is 0 Å². The molecule has 4 rings (SSSR count). The van der Waals surface area contributed by atoms with Gasteiger partial charge in [-0.1, -0.05) is 11.6 Å². The Kier molecular flexibility index (Phi) is 3.12. The molecule has 1 N–H and O–H groups in total. The second kappa shape index (κ2) is 5.00. The monoisotopic (exact) mass is 362 g/mol. The molecule has 0 spiro atoms. The lowest BCUT2D eigenvalue weighted by Crippen LogP contribution is -2.46. The van der Waals surface area contributed by atoms with Gasteiger partial charge in [0.1, 0.15) is 11.6 Å². The van der Waals surface area contributed by atoms with Crippen molar-refractivity contribution in [2.75, 3.05) is 18.0 Å². The number of aromatic nitrogens is 3. The Hall–Kier alpha value is -1.59. The van der Waals surface area contributed by atoms with Gasteiger partial charge in [-0.15, -0.1) is 0 Å². The molecule has 2 aromatic heterocycles. The standard InChI is InChI=1S/C15H12BrClN4/c16-11-2-1-5-18-15(11)21-7-9(8-21)14-19-12-4-3-10(17)6-13(12)20-14/h1-6,9H,7-8H2,(H,19,20). The van der Waals surface area contributed by atoms with E-state index in [0.29, 0.717) is 5.92 Å². The van der Waals surface area contributed by atoms with Crippen molar-refractivity contribution in [3.63, 3.8) is 0 Å². The van der Waals surface area contributed by atoms with Gasteiger partial charge < -0.3 is 9.88 Å². The van der Waals surface area contributed by atoms with E-state index in [9.17, 15) is 0 Å². The topological polar surface area (TPSA) is 44.8 Å². The molecule has 0 aliphatic carbocycles. The Morgan fingerprint density at radius 3 is 2.95 bits per heavy atom.